The Hall–Kier alpha value is -3.55. The zero-order valence-corrected chi connectivity index (χ0v) is 19.9. The van der Waals surface area contributed by atoms with Gasteiger partial charge in [-0.2, -0.15) is 15.3 Å². The van der Waals surface area contributed by atoms with Crippen molar-refractivity contribution >= 4 is 22.7 Å². The Morgan fingerprint density at radius 2 is 2.08 bits per heavy atom. The number of amides is 2. The second kappa shape index (κ2) is 10.4. The fourth-order valence-corrected chi connectivity index (χ4v) is 5.06. The van der Waals surface area contributed by atoms with Gasteiger partial charge >= 0.3 is 0 Å². The van der Waals surface area contributed by atoms with Crippen LogP contribution in [0.5, 0.6) is 0 Å². The maximum atomic E-state index is 14.4. The number of fused-ring (bicyclic) bond motifs is 1. The molecule has 37 heavy (non-hydrogen) atoms. The van der Waals surface area contributed by atoms with E-state index in [-0.39, 0.29) is 25.2 Å². The number of carbonyl (C=O) groups excluding carboxylic acids is 2. The molecule has 3 aromatic rings. The van der Waals surface area contributed by atoms with Crippen LogP contribution in [0.1, 0.15) is 23.3 Å². The minimum absolute atomic E-state index is 0.00603. The van der Waals surface area contributed by atoms with Crippen LogP contribution in [0, 0.1) is 0 Å². The first kappa shape index (κ1) is 25.1. The molecule has 4 heterocycles. The van der Waals surface area contributed by atoms with E-state index in [1.807, 2.05) is 0 Å². The van der Waals surface area contributed by atoms with Crippen LogP contribution in [-0.2, 0) is 11.3 Å². The van der Waals surface area contributed by atoms with Gasteiger partial charge in [0.05, 0.1) is 36.5 Å². The van der Waals surface area contributed by atoms with Crippen molar-refractivity contribution in [2.75, 3.05) is 19.6 Å². The summed E-state index contributed by atoms with van der Waals surface area (Å²) in [6, 6.07) is 5.49. The number of alkyl halides is 2. The molecule has 13 heteroatoms. The highest BCUT2D eigenvalue weighted by atomic mass is 19.1. The first-order valence-corrected chi connectivity index (χ1v) is 12.1. The van der Waals surface area contributed by atoms with E-state index in [2.05, 4.69) is 25.9 Å². The molecule has 2 aromatic heterocycles. The van der Waals surface area contributed by atoms with Gasteiger partial charge in [0, 0.05) is 23.9 Å². The predicted octanol–water partition coefficient (Wildman–Crippen LogP) is 0.139. The number of likely N-dealkylation sites (tertiary alicyclic amines) is 1. The average molecular weight is 515 g/mol. The second-order valence-corrected chi connectivity index (χ2v) is 9.41. The number of piperidine rings is 1. The number of hydrogen-bond acceptors (Lipinski definition) is 8. The summed E-state index contributed by atoms with van der Waals surface area (Å²) in [7, 11) is 0. The number of nitrogens with one attached hydrogen (secondary N) is 2. The summed E-state index contributed by atoms with van der Waals surface area (Å²) in [5.41, 5.74) is 7.57. The molecule has 5 atom stereocenters. The van der Waals surface area contributed by atoms with E-state index in [4.69, 9.17) is 5.73 Å². The van der Waals surface area contributed by atoms with Crippen LogP contribution in [0.2, 0.25) is 0 Å². The lowest BCUT2D eigenvalue weighted by Crippen LogP contribution is -2.58. The van der Waals surface area contributed by atoms with Gasteiger partial charge in [0.15, 0.2) is 5.69 Å². The molecule has 0 saturated carbocycles. The number of aliphatic hydroxyl groups is 1. The van der Waals surface area contributed by atoms with E-state index < -0.39 is 42.5 Å². The molecule has 11 nitrogen and oxygen atoms in total. The topological polar surface area (TPSA) is 151 Å². The van der Waals surface area contributed by atoms with Crippen LogP contribution >= 0.6 is 0 Å². The van der Waals surface area contributed by atoms with Gasteiger partial charge in [-0.05, 0) is 36.7 Å². The minimum Gasteiger partial charge on any atom is -0.376 e. The van der Waals surface area contributed by atoms with Crippen LogP contribution in [0.15, 0.2) is 36.7 Å². The summed E-state index contributed by atoms with van der Waals surface area (Å²) in [6.07, 6.45) is -0.442. The molecule has 0 spiro atoms. The minimum atomic E-state index is -1.33. The van der Waals surface area contributed by atoms with Crippen LogP contribution < -0.4 is 16.4 Å². The van der Waals surface area contributed by atoms with Gasteiger partial charge in [-0.15, -0.1) is 0 Å². The smallest absolute Gasteiger partial charge is 0.269 e. The monoisotopic (exact) mass is 514 g/mol. The van der Waals surface area contributed by atoms with Crippen molar-refractivity contribution in [2.45, 2.75) is 50.0 Å². The van der Waals surface area contributed by atoms with E-state index >= 15 is 0 Å². The number of nitrogens with zero attached hydrogens (tertiary/aromatic N) is 5. The molecule has 2 saturated heterocycles. The van der Waals surface area contributed by atoms with Crippen molar-refractivity contribution in [3.8, 4) is 11.1 Å². The predicted molar refractivity (Wildman–Crippen MR) is 130 cm³/mol. The molecule has 2 amide bonds. The van der Waals surface area contributed by atoms with Gasteiger partial charge in [-0.1, -0.05) is 6.07 Å². The van der Waals surface area contributed by atoms with Crippen molar-refractivity contribution in [1.29, 1.82) is 0 Å². The Labute approximate surface area is 211 Å². The van der Waals surface area contributed by atoms with Crippen molar-refractivity contribution in [3.63, 3.8) is 0 Å². The molecule has 5 N–H and O–H groups in total. The third kappa shape index (κ3) is 5.15. The zero-order valence-electron chi connectivity index (χ0n) is 19.9. The molecule has 0 aliphatic carbocycles. The number of benzene rings is 1. The molecule has 2 fully saturated rings. The quantitative estimate of drug-likeness (QED) is 0.325. The highest BCUT2D eigenvalue weighted by Gasteiger charge is 2.41. The molecule has 2 aliphatic rings. The molecule has 5 unspecified atom stereocenters. The summed E-state index contributed by atoms with van der Waals surface area (Å²) in [5, 5.41) is 29.0. The van der Waals surface area contributed by atoms with Crippen LogP contribution in [0.25, 0.3) is 22.0 Å². The second-order valence-electron chi connectivity index (χ2n) is 9.41. The Morgan fingerprint density at radius 1 is 1.24 bits per heavy atom. The highest BCUT2D eigenvalue weighted by molar-refractivity contribution is 6.05. The Balaban J connectivity index is 1.38. The van der Waals surface area contributed by atoms with E-state index in [1.54, 1.807) is 36.7 Å². The van der Waals surface area contributed by atoms with E-state index in [1.165, 1.54) is 9.58 Å². The molecular weight excluding hydrogens is 486 g/mol. The number of aromatic nitrogens is 4. The zero-order chi connectivity index (χ0) is 26.1. The number of aliphatic hydroxyl groups excluding tert-OH is 1. The normalized spacial score (nSPS) is 24.9. The largest absolute Gasteiger partial charge is 0.376 e. The molecule has 0 radical (unpaired) electrons. The van der Waals surface area contributed by atoms with Crippen molar-refractivity contribution in [2.24, 2.45) is 5.73 Å². The average Bonchev–Trinajstić information content (AvgIpc) is 3.46. The summed E-state index contributed by atoms with van der Waals surface area (Å²) < 4.78 is 30.0. The van der Waals surface area contributed by atoms with Crippen LogP contribution in [0.3, 0.4) is 0 Å². The van der Waals surface area contributed by atoms with Gasteiger partial charge < -0.3 is 21.1 Å². The maximum Gasteiger partial charge on any atom is 0.269 e. The van der Waals surface area contributed by atoms with Crippen LogP contribution in [0.4, 0.5) is 8.78 Å². The number of rotatable bonds is 7. The third-order valence-corrected chi connectivity index (χ3v) is 6.95. The van der Waals surface area contributed by atoms with Crippen molar-refractivity contribution in [1.82, 2.24) is 35.5 Å². The maximum absolute atomic E-state index is 14.4. The fourth-order valence-electron chi connectivity index (χ4n) is 5.06. The highest BCUT2D eigenvalue weighted by Crippen LogP contribution is 2.28. The molecule has 5 rings (SSSR count). The van der Waals surface area contributed by atoms with E-state index in [0.717, 1.165) is 11.1 Å². The van der Waals surface area contributed by atoms with Gasteiger partial charge in [0.2, 0.25) is 5.91 Å². The lowest BCUT2D eigenvalue weighted by molar-refractivity contribution is -0.135. The third-order valence-electron chi connectivity index (χ3n) is 6.95. The summed E-state index contributed by atoms with van der Waals surface area (Å²) in [5.74, 6) is -1.25. The summed E-state index contributed by atoms with van der Waals surface area (Å²) in [4.78, 5) is 26.7. The Bertz CT molecular complexity index is 1290. The molecule has 2 aliphatic heterocycles. The summed E-state index contributed by atoms with van der Waals surface area (Å²) in [6.45, 7) is 0.366. The molecule has 0 bridgehead atoms. The molecular formula is C24H28F2N8O3. The summed E-state index contributed by atoms with van der Waals surface area (Å²) >= 11 is 0. The van der Waals surface area contributed by atoms with Gasteiger partial charge in [-0.3, -0.25) is 19.6 Å². The molecule has 1 aromatic carbocycles. The standard InChI is InChI=1S/C24H28F2N8O3/c25-15-8-20(24(37)31-18-10-28-5-4-17(18)26)33(11-15)21(35)12-34-19-2-1-13(14-3-6-29-30-9-14)7-16(19)22(32-34)23(27)36/h1-3,6-7,9,15,17-18,20,24,28,31,37H,4-5,8,10-12H2,(H2,27,36). The first-order chi connectivity index (χ1) is 17.8. The lowest BCUT2D eigenvalue weighted by atomic mass is 10.0. The van der Waals surface area contributed by atoms with Crippen LogP contribution in [-0.4, -0.2) is 92.1 Å². The van der Waals surface area contributed by atoms with Crippen molar-refractivity contribution < 1.29 is 23.5 Å². The molecule has 196 valence electrons. The number of nitrogens with two attached hydrogens (primary N) is 1. The SMILES string of the molecule is NC(=O)c1nn(CC(=O)N2CC(F)CC2C(O)NC2CNCCC2F)c2ccc(-c3ccnnc3)cc12. The number of primary amides is 1. The fraction of sp³-hybridized carbons (Fsp3) is 0.458. The van der Waals surface area contributed by atoms with Crippen molar-refractivity contribution in [3.05, 3.63) is 42.4 Å². The lowest BCUT2D eigenvalue weighted by Gasteiger charge is -2.34. The van der Waals surface area contributed by atoms with Gasteiger partial charge in [-0.25, -0.2) is 8.78 Å². The Kier molecular flexibility index (Phi) is 7.09. The van der Waals surface area contributed by atoms with E-state index in [0.29, 0.717) is 30.4 Å². The van der Waals surface area contributed by atoms with Gasteiger partial charge in [0.25, 0.3) is 5.91 Å². The first-order valence-electron chi connectivity index (χ1n) is 12.1. The number of halogens is 2. The Morgan fingerprint density at radius 3 is 2.81 bits per heavy atom. The van der Waals surface area contributed by atoms with E-state index in [9.17, 15) is 23.5 Å². The number of hydrogen-bond donors (Lipinski definition) is 4. The van der Waals surface area contributed by atoms with Gasteiger partial charge in [0.1, 0.15) is 25.1 Å². The number of carbonyl (C=O) groups is 2.